The number of hydrogen-bond donors (Lipinski definition) is 1. The molecule has 0 unspecified atom stereocenters. The summed E-state index contributed by atoms with van der Waals surface area (Å²) in [6.45, 7) is 0.495. The van der Waals surface area contributed by atoms with Gasteiger partial charge in [-0.15, -0.1) is 0 Å². The van der Waals surface area contributed by atoms with Gasteiger partial charge in [-0.25, -0.2) is 4.79 Å². The summed E-state index contributed by atoms with van der Waals surface area (Å²) >= 11 is 0. The fraction of sp³-hybridized carbons (Fsp3) is 0.364. The Morgan fingerprint density at radius 1 is 1.07 bits per heavy atom. The number of β-amino-alcohol motifs (C(OH)–C–C–N with tert-alkyl or cyclic N) is 1. The van der Waals surface area contributed by atoms with E-state index in [0.717, 1.165) is 11.1 Å². The first-order valence-corrected chi connectivity index (χ1v) is 9.70. The Balaban J connectivity index is 1.41. The van der Waals surface area contributed by atoms with Crippen molar-refractivity contribution in [3.8, 4) is 11.5 Å². The summed E-state index contributed by atoms with van der Waals surface area (Å²) in [5.41, 5.74) is 1.70. The highest BCUT2D eigenvalue weighted by atomic mass is 16.6. The van der Waals surface area contributed by atoms with Gasteiger partial charge in [0.2, 0.25) is 5.91 Å². The lowest BCUT2D eigenvalue weighted by Crippen LogP contribution is -2.68. The number of carbonyl (C=O) groups is 2. The summed E-state index contributed by atoms with van der Waals surface area (Å²) in [4.78, 5) is 28.2. The number of rotatable bonds is 6. The van der Waals surface area contributed by atoms with Gasteiger partial charge in [-0.2, -0.15) is 0 Å². The molecule has 2 aromatic carbocycles. The van der Waals surface area contributed by atoms with Crippen molar-refractivity contribution in [2.45, 2.75) is 31.3 Å². The Bertz CT molecular complexity index is 934. The largest absolute Gasteiger partial charge is 0.493 e. The van der Waals surface area contributed by atoms with Crippen molar-refractivity contribution in [2.24, 2.45) is 0 Å². The lowest BCUT2D eigenvalue weighted by Gasteiger charge is -2.45. The van der Waals surface area contributed by atoms with Gasteiger partial charge in [0.15, 0.2) is 11.5 Å². The van der Waals surface area contributed by atoms with Crippen LogP contribution in [0.4, 0.5) is 4.79 Å². The molecule has 30 heavy (non-hydrogen) atoms. The molecule has 2 saturated heterocycles. The van der Waals surface area contributed by atoms with Gasteiger partial charge in [-0.3, -0.25) is 9.69 Å². The molecule has 0 saturated carbocycles. The van der Waals surface area contributed by atoms with Crippen molar-refractivity contribution in [1.82, 2.24) is 9.80 Å². The molecule has 0 spiro atoms. The minimum absolute atomic E-state index is 0.0666. The van der Waals surface area contributed by atoms with E-state index >= 15 is 0 Å². The van der Waals surface area contributed by atoms with Crippen LogP contribution in [0.5, 0.6) is 11.5 Å². The molecule has 0 bridgehead atoms. The van der Waals surface area contributed by atoms with Gasteiger partial charge in [0.1, 0.15) is 12.6 Å². The van der Waals surface area contributed by atoms with Crippen molar-refractivity contribution >= 4 is 12.0 Å². The molecule has 8 nitrogen and oxygen atoms in total. The van der Waals surface area contributed by atoms with Crippen LogP contribution in [0.3, 0.4) is 0 Å². The van der Waals surface area contributed by atoms with E-state index < -0.39 is 24.3 Å². The van der Waals surface area contributed by atoms with E-state index in [1.54, 1.807) is 31.3 Å². The quantitative estimate of drug-likeness (QED) is 0.728. The van der Waals surface area contributed by atoms with Crippen LogP contribution in [-0.2, 0) is 22.7 Å². The smallest absolute Gasteiger partial charge is 0.410 e. The topological polar surface area (TPSA) is 88.5 Å². The summed E-state index contributed by atoms with van der Waals surface area (Å²) in [7, 11) is 3.10. The zero-order chi connectivity index (χ0) is 21.3. The number of ether oxygens (including phenoxy) is 3. The van der Waals surface area contributed by atoms with E-state index in [1.807, 2.05) is 36.4 Å². The molecular formula is C22H24N2O6. The molecule has 4 rings (SSSR count). The maximum absolute atomic E-state index is 12.8. The van der Waals surface area contributed by atoms with Gasteiger partial charge in [0.25, 0.3) is 0 Å². The van der Waals surface area contributed by atoms with Crippen LogP contribution in [0.1, 0.15) is 11.1 Å². The van der Waals surface area contributed by atoms with Gasteiger partial charge < -0.3 is 24.2 Å². The van der Waals surface area contributed by atoms with Crippen LogP contribution >= 0.6 is 0 Å². The summed E-state index contributed by atoms with van der Waals surface area (Å²) in [5.74, 6) is 0.961. The maximum Gasteiger partial charge on any atom is 0.410 e. The Kier molecular flexibility index (Phi) is 5.50. The Morgan fingerprint density at radius 2 is 1.80 bits per heavy atom. The number of β-lactam (4-membered cyclic amide) rings is 1. The maximum atomic E-state index is 12.8. The number of aliphatic hydroxyl groups excluding tert-OH is 1. The van der Waals surface area contributed by atoms with Crippen LogP contribution in [0.25, 0.3) is 0 Å². The molecule has 0 radical (unpaired) electrons. The number of fused-ring (bicyclic) bond motifs is 1. The van der Waals surface area contributed by atoms with Gasteiger partial charge >= 0.3 is 6.09 Å². The Morgan fingerprint density at radius 3 is 2.50 bits per heavy atom. The number of aliphatic hydroxyl groups is 1. The molecule has 158 valence electrons. The molecule has 0 aromatic heterocycles. The normalized spacial score (nSPS) is 22.4. The first kappa shape index (κ1) is 20.0. The first-order valence-electron chi connectivity index (χ1n) is 9.70. The van der Waals surface area contributed by atoms with Crippen molar-refractivity contribution in [3.05, 3.63) is 59.7 Å². The average Bonchev–Trinajstić information content (AvgIpc) is 3.09. The van der Waals surface area contributed by atoms with E-state index in [4.69, 9.17) is 14.2 Å². The summed E-state index contributed by atoms with van der Waals surface area (Å²) in [6, 6.07) is 13.6. The van der Waals surface area contributed by atoms with Gasteiger partial charge in [-0.05, 0) is 23.3 Å². The molecule has 2 aromatic rings. The third-order valence-electron chi connectivity index (χ3n) is 5.57. The SMILES string of the molecule is COc1ccc(CN2C(=O)[C@@H]3[C@H]2[C@@H](O)CN3C(=O)OCc2ccccc2)cc1OC. The molecule has 0 aliphatic carbocycles. The van der Waals surface area contributed by atoms with Crippen LogP contribution < -0.4 is 9.47 Å². The second kappa shape index (κ2) is 8.23. The molecule has 8 heteroatoms. The molecular weight excluding hydrogens is 388 g/mol. The predicted octanol–water partition coefficient (Wildman–Crippen LogP) is 1.80. The molecule has 2 heterocycles. The number of amides is 2. The molecule has 1 N–H and O–H groups in total. The van der Waals surface area contributed by atoms with Crippen molar-refractivity contribution < 1.29 is 28.9 Å². The number of nitrogens with zero attached hydrogens (tertiary/aromatic N) is 2. The zero-order valence-corrected chi connectivity index (χ0v) is 16.9. The second-order valence-electron chi connectivity index (χ2n) is 7.35. The summed E-state index contributed by atoms with van der Waals surface area (Å²) in [6.07, 6.45) is -1.42. The van der Waals surface area contributed by atoms with E-state index in [-0.39, 0.29) is 19.1 Å². The highest BCUT2D eigenvalue weighted by Crippen LogP contribution is 2.37. The standard InChI is InChI=1S/C22H24N2O6/c1-28-17-9-8-15(10-18(17)29-2)11-23-19-16(25)12-24(20(19)21(23)26)22(27)30-13-14-6-4-3-5-7-14/h3-10,16,19-20,25H,11-13H2,1-2H3/t16-,19+,20-/m0/s1. The van der Waals surface area contributed by atoms with Crippen molar-refractivity contribution in [2.75, 3.05) is 20.8 Å². The van der Waals surface area contributed by atoms with Crippen molar-refractivity contribution in [3.63, 3.8) is 0 Å². The fourth-order valence-electron chi connectivity index (χ4n) is 4.06. The van der Waals surface area contributed by atoms with Crippen LogP contribution in [0, 0.1) is 0 Å². The van der Waals surface area contributed by atoms with E-state index in [2.05, 4.69) is 0 Å². The van der Waals surface area contributed by atoms with E-state index in [9.17, 15) is 14.7 Å². The molecule has 2 amide bonds. The van der Waals surface area contributed by atoms with Gasteiger partial charge in [-0.1, -0.05) is 36.4 Å². The monoisotopic (exact) mass is 412 g/mol. The van der Waals surface area contributed by atoms with Crippen LogP contribution in [0.15, 0.2) is 48.5 Å². The van der Waals surface area contributed by atoms with Crippen molar-refractivity contribution in [1.29, 1.82) is 0 Å². The number of benzene rings is 2. The average molecular weight is 412 g/mol. The molecule has 2 aliphatic heterocycles. The van der Waals surface area contributed by atoms with Crippen LogP contribution in [-0.4, -0.2) is 65.9 Å². The zero-order valence-electron chi connectivity index (χ0n) is 16.9. The Hall–Kier alpha value is -3.26. The fourth-order valence-corrected chi connectivity index (χ4v) is 4.06. The van der Waals surface area contributed by atoms with Gasteiger partial charge in [0, 0.05) is 6.54 Å². The molecule has 2 aliphatic rings. The van der Waals surface area contributed by atoms with Gasteiger partial charge in [0.05, 0.1) is 32.9 Å². The third kappa shape index (κ3) is 3.54. The summed E-state index contributed by atoms with van der Waals surface area (Å²) < 4.78 is 15.9. The minimum Gasteiger partial charge on any atom is -0.493 e. The van der Waals surface area contributed by atoms with E-state index in [1.165, 1.54) is 4.90 Å². The highest BCUT2D eigenvalue weighted by molar-refractivity contribution is 5.93. The minimum atomic E-state index is -0.822. The lowest BCUT2D eigenvalue weighted by molar-refractivity contribution is -0.157. The number of hydrogen-bond acceptors (Lipinski definition) is 6. The third-order valence-corrected chi connectivity index (χ3v) is 5.57. The van der Waals surface area contributed by atoms with Crippen LogP contribution in [0.2, 0.25) is 0 Å². The highest BCUT2D eigenvalue weighted by Gasteiger charge is 2.60. The Labute approximate surface area is 174 Å². The first-order chi connectivity index (χ1) is 14.5. The molecule has 2 fully saturated rings. The lowest BCUT2D eigenvalue weighted by atomic mass is 9.93. The van der Waals surface area contributed by atoms with E-state index in [0.29, 0.717) is 18.0 Å². The number of likely N-dealkylation sites (tertiary alicyclic amines) is 2. The molecule has 3 atom stereocenters. The number of carbonyl (C=O) groups excluding carboxylic acids is 2. The summed E-state index contributed by atoms with van der Waals surface area (Å²) in [5, 5.41) is 10.5. The predicted molar refractivity (Wildman–Crippen MR) is 107 cm³/mol. The second-order valence-corrected chi connectivity index (χ2v) is 7.35. The number of methoxy groups -OCH3 is 2.